The fourth-order valence-corrected chi connectivity index (χ4v) is 2.54. The summed E-state index contributed by atoms with van der Waals surface area (Å²) >= 11 is 4.95. The van der Waals surface area contributed by atoms with E-state index < -0.39 is 0 Å². The molecule has 0 fully saturated rings. The van der Waals surface area contributed by atoms with E-state index in [0.717, 1.165) is 10.4 Å². The molecule has 0 saturated carbocycles. The minimum atomic E-state index is 0.141. The molecule has 3 nitrogen and oxygen atoms in total. The molecule has 92 valence electrons. The number of rotatable bonds is 6. The summed E-state index contributed by atoms with van der Waals surface area (Å²) in [5, 5.41) is 12.8. The Labute approximate surface area is 109 Å². The van der Waals surface area contributed by atoms with E-state index in [1.54, 1.807) is 11.8 Å². The third kappa shape index (κ3) is 3.80. The highest BCUT2D eigenvalue weighted by Gasteiger charge is 2.19. The summed E-state index contributed by atoms with van der Waals surface area (Å²) in [6.45, 7) is 4.31. The summed E-state index contributed by atoms with van der Waals surface area (Å²) < 4.78 is 6.22. The van der Waals surface area contributed by atoms with Crippen molar-refractivity contribution in [1.29, 1.82) is 0 Å². The lowest BCUT2D eigenvalue weighted by molar-refractivity contribution is 0.268. The Morgan fingerprint density at radius 1 is 1.50 bits per heavy atom. The van der Waals surface area contributed by atoms with E-state index in [1.165, 1.54) is 0 Å². The molecule has 0 radical (unpaired) electrons. The van der Waals surface area contributed by atoms with Crippen LogP contribution in [-0.4, -0.2) is 29.3 Å². The van der Waals surface area contributed by atoms with E-state index in [0.29, 0.717) is 0 Å². The number of aliphatic hydroxyl groups is 1. The molecule has 5 heteroatoms. The Balaban J connectivity index is 2.53. The Bertz CT molecular complexity index is 315. The number of hydrogen-bond acceptors (Lipinski definition) is 4. The molecule has 0 aliphatic rings. The van der Waals surface area contributed by atoms with Gasteiger partial charge in [-0.2, -0.15) is 11.8 Å². The highest BCUT2D eigenvalue weighted by Crippen LogP contribution is 2.21. The average Bonchev–Trinajstić information content (AvgIpc) is 2.66. The average molecular weight is 308 g/mol. The van der Waals surface area contributed by atoms with Gasteiger partial charge >= 0.3 is 0 Å². The van der Waals surface area contributed by atoms with Crippen LogP contribution in [0.15, 0.2) is 21.2 Å². The van der Waals surface area contributed by atoms with E-state index in [9.17, 15) is 5.11 Å². The van der Waals surface area contributed by atoms with Crippen LogP contribution in [0.2, 0.25) is 0 Å². The molecule has 0 saturated heterocycles. The molecule has 0 aliphatic carbocycles. The van der Waals surface area contributed by atoms with Gasteiger partial charge in [0.15, 0.2) is 4.67 Å². The van der Waals surface area contributed by atoms with Crippen molar-refractivity contribution in [3.8, 4) is 0 Å². The van der Waals surface area contributed by atoms with Crippen LogP contribution in [0.3, 0.4) is 0 Å². The van der Waals surface area contributed by atoms with Gasteiger partial charge in [0.2, 0.25) is 0 Å². The Hall–Kier alpha value is 0.0300. The lowest BCUT2D eigenvalue weighted by Crippen LogP contribution is -2.38. The van der Waals surface area contributed by atoms with Gasteiger partial charge in [0.05, 0.1) is 12.6 Å². The van der Waals surface area contributed by atoms with Crippen LogP contribution in [0.1, 0.15) is 25.6 Å². The summed E-state index contributed by atoms with van der Waals surface area (Å²) in [5.41, 5.74) is 0. The van der Waals surface area contributed by atoms with Gasteiger partial charge in [0.25, 0.3) is 0 Å². The number of hydrogen-bond donors (Lipinski definition) is 2. The van der Waals surface area contributed by atoms with E-state index in [-0.39, 0.29) is 23.9 Å². The normalized spacial score (nSPS) is 17.1. The van der Waals surface area contributed by atoms with E-state index in [4.69, 9.17) is 4.42 Å². The quantitative estimate of drug-likeness (QED) is 0.848. The molecule has 16 heavy (non-hydrogen) atoms. The monoisotopic (exact) mass is 307 g/mol. The van der Waals surface area contributed by atoms with Crippen molar-refractivity contribution in [1.82, 2.24) is 5.32 Å². The molecule has 0 aromatic carbocycles. The SMILES string of the molecule is CSC(CO)C(C)NC(C)c1ccc(Br)o1. The highest BCUT2D eigenvalue weighted by atomic mass is 79.9. The summed E-state index contributed by atoms with van der Waals surface area (Å²) in [4.78, 5) is 0. The van der Waals surface area contributed by atoms with Crippen LogP contribution in [0.5, 0.6) is 0 Å². The second kappa shape index (κ2) is 6.69. The molecule has 0 aliphatic heterocycles. The number of furan rings is 1. The number of aliphatic hydroxyl groups excluding tert-OH is 1. The molecule has 3 unspecified atom stereocenters. The number of halogens is 1. The van der Waals surface area contributed by atoms with Crippen molar-refractivity contribution in [2.45, 2.75) is 31.2 Å². The van der Waals surface area contributed by atoms with E-state index >= 15 is 0 Å². The summed E-state index contributed by atoms with van der Waals surface area (Å²) in [6, 6.07) is 4.21. The molecule has 1 aromatic heterocycles. The standard InChI is InChI=1S/C11H18BrNO2S/c1-7(9-4-5-11(12)15-9)13-8(2)10(6-14)16-3/h4-5,7-8,10,13-14H,6H2,1-3H3. The molecule has 1 heterocycles. The lowest BCUT2D eigenvalue weighted by Gasteiger charge is -2.24. The van der Waals surface area contributed by atoms with Crippen LogP contribution in [0, 0.1) is 0 Å². The fraction of sp³-hybridized carbons (Fsp3) is 0.636. The van der Waals surface area contributed by atoms with Crippen molar-refractivity contribution in [2.24, 2.45) is 0 Å². The molecule has 2 N–H and O–H groups in total. The van der Waals surface area contributed by atoms with Crippen LogP contribution in [0.25, 0.3) is 0 Å². The first-order valence-corrected chi connectivity index (χ1v) is 7.31. The molecule has 1 aromatic rings. The first kappa shape index (κ1) is 14.1. The number of nitrogens with one attached hydrogen (secondary N) is 1. The van der Waals surface area contributed by atoms with Gasteiger partial charge in [0.1, 0.15) is 5.76 Å². The van der Waals surface area contributed by atoms with Crippen LogP contribution < -0.4 is 5.32 Å². The Morgan fingerprint density at radius 3 is 2.62 bits per heavy atom. The minimum absolute atomic E-state index is 0.141. The third-order valence-corrected chi connectivity index (χ3v) is 4.16. The molecule has 0 spiro atoms. The molecular formula is C11H18BrNO2S. The Kier molecular flexibility index (Phi) is 5.89. The largest absolute Gasteiger partial charge is 0.453 e. The zero-order chi connectivity index (χ0) is 12.1. The Morgan fingerprint density at radius 2 is 2.19 bits per heavy atom. The molecule has 1 rings (SSSR count). The van der Waals surface area contributed by atoms with Crippen molar-refractivity contribution in [3.63, 3.8) is 0 Å². The second-order valence-corrected chi connectivity index (χ2v) is 5.63. The van der Waals surface area contributed by atoms with Gasteiger partial charge in [-0.05, 0) is 48.2 Å². The molecular weight excluding hydrogens is 290 g/mol. The van der Waals surface area contributed by atoms with Gasteiger partial charge in [-0.15, -0.1) is 0 Å². The zero-order valence-electron chi connectivity index (χ0n) is 9.74. The van der Waals surface area contributed by atoms with Gasteiger partial charge in [-0.1, -0.05) is 0 Å². The van der Waals surface area contributed by atoms with Crippen molar-refractivity contribution in [2.75, 3.05) is 12.9 Å². The van der Waals surface area contributed by atoms with Gasteiger partial charge in [-0.3, -0.25) is 0 Å². The van der Waals surface area contributed by atoms with E-state index in [2.05, 4.69) is 35.1 Å². The predicted octanol–water partition coefficient (Wildman–Crippen LogP) is 2.81. The first-order chi connectivity index (χ1) is 7.58. The highest BCUT2D eigenvalue weighted by molar-refractivity contribution is 9.10. The van der Waals surface area contributed by atoms with E-state index in [1.807, 2.05) is 18.4 Å². The first-order valence-electron chi connectivity index (χ1n) is 5.23. The van der Waals surface area contributed by atoms with Crippen LogP contribution in [-0.2, 0) is 0 Å². The summed E-state index contributed by atoms with van der Waals surface area (Å²) in [6.07, 6.45) is 2.01. The second-order valence-electron chi connectivity index (χ2n) is 3.78. The third-order valence-electron chi connectivity index (χ3n) is 2.57. The van der Waals surface area contributed by atoms with Gasteiger partial charge in [0, 0.05) is 11.3 Å². The van der Waals surface area contributed by atoms with Crippen molar-refractivity contribution in [3.05, 3.63) is 22.6 Å². The molecule has 0 amide bonds. The maximum atomic E-state index is 9.19. The topological polar surface area (TPSA) is 45.4 Å². The van der Waals surface area contributed by atoms with Crippen molar-refractivity contribution < 1.29 is 9.52 Å². The van der Waals surface area contributed by atoms with Crippen LogP contribution >= 0.6 is 27.7 Å². The number of thioether (sulfide) groups is 1. The lowest BCUT2D eigenvalue weighted by atomic mass is 10.2. The zero-order valence-corrected chi connectivity index (χ0v) is 12.1. The summed E-state index contributed by atoms with van der Waals surface area (Å²) in [5.74, 6) is 0.900. The summed E-state index contributed by atoms with van der Waals surface area (Å²) in [7, 11) is 0. The maximum absolute atomic E-state index is 9.19. The maximum Gasteiger partial charge on any atom is 0.169 e. The minimum Gasteiger partial charge on any atom is -0.453 e. The fourth-order valence-electron chi connectivity index (χ4n) is 1.58. The van der Waals surface area contributed by atoms with Gasteiger partial charge in [-0.25, -0.2) is 0 Å². The van der Waals surface area contributed by atoms with Gasteiger partial charge < -0.3 is 14.8 Å². The van der Waals surface area contributed by atoms with Crippen LogP contribution in [0.4, 0.5) is 0 Å². The molecule has 3 atom stereocenters. The smallest absolute Gasteiger partial charge is 0.169 e. The van der Waals surface area contributed by atoms with Crippen molar-refractivity contribution >= 4 is 27.7 Å². The molecule has 0 bridgehead atoms. The predicted molar refractivity (Wildman–Crippen MR) is 71.8 cm³/mol.